The largest absolute Gasteiger partial charge is 0.363 e. The Bertz CT molecular complexity index is 470. The van der Waals surface area contributed by atoms with Crippen LogP contribution in [0.2, 0.25) is 0 Å². The minimum atomic E-state index is -0.368. The molecule has 1 aromatic heterocycles. The molecule has 0 atom stereocenters. The van der Waals surface area contributed by atoms with Gasteiger partial charge in [0.2, 0.25) is 5.82 Å². The van der Waals surface area contributed by atoms with Gasteiger partial charge in [-0.1, -0.05) is 6.92 Å². The zero-order valence-corrected chi connectivity index (χ0v) is 12.1. The molecule has 110 valence electrons. The van der Waals surface area contributed by atoms with Gasteiger partial charge < -0.3 is 10.2 Å². The molecule has 1 fully saturated rings. The Balaban J connectivity index is 1.88. The molecule has 6 heteroatoms. The highest BCUT2D eigenvalue weighted by molar-refractivity contribution is 5.59. The molecule has 0 bridgehead atoms. The van der Waals surface area contributed by atoms with Crippen molar-refractivity contribution >= 4 is 11.5 Å². The SMILES string of the molecule is Cc1ccnc(NCCN2CCC(C)CC2)c1[N+](=O)[O-]. The summed E-state index contributed by atoms with van der Waals surface area (Å²) in [5.41, 5.74) is 0.721. The Morgan fingerprint density at radius 1 is 1.50 bits per heavy atom. The molecule has 0 radical (unpaired) electrons. The highest BCUT2D eigenvalue weighted by Gasteiger charge is 2.19. The Hall–Kier alpha value is -1.69. The molecule has 6 nitrogen and oxygen atoms in total. The van der Waals surface area contributed by atoms with E-state index in [4.69, 9.17) is 0 Å². The van der Waals surface area contributed by atoms with E-state index in [1.807, 2.05) is 0 Å². The number of likely N-dealkylation sites (tertiary alicyclic amines) is 1. The summed E-state index contributed by atoms with van der Waals surface area (Å²) in [4.78, 5) is 17.2. The van der Waals surface area contributed by atoms with Crippen molar-refractivity contribution in [2.75, 3.05) is 31.5 Å². The number of aromatic nitrogens is 1. The monoisotopic (exact) mass is 278 g/mol. The van der Waals surface area contributed by atoms with Crippen molar-refractivity contribution < 1.29 is 4.92 Å². The van der Waals surface area contributed by atoms with Gasteiger partial charge in [0.05, 0.1) is 4.92 Å². The Kier molecular flexibility index (Phi) is 4.89. The maximum absolute atomic E-state index is 11.1. The van der Waals surface area contributed by atoms with Crippen molar-refractivity contribution in [3.8, 4) is 0 Å². The van der Waals surface area contributed by atoms with Gasteiger partial charge in [0.1, 0.15) is 0 Å². The van der Waals surface area contributed by atoms with Gasteiger partial charge in [-0.15, -0.1) is 0 Å². The zero-order valence-electron chi connectivity index (χ0n) is 12.1. The quantitative estimate of drug-likeness (QED) is 0.661. The van der Waals surface area contributed by atoms with Crippen LogP contribution in [-0.4, -0.2) is 41.0 Å². The van der Waals surface area contributed by atoms with Crippen LogP contribution >= 0.6 is 0 Å². The first kappa shape index (κ1) is 14.7. The molecule has 20 heavy (non-hydrogen) atoms. The fourth-order valence-electron chi connectivity index (χ4n) is 2.53. The number of nitro groups is 1. The number of hydrogen-bond acceptors (Lipinski definition) is 5. The van der Waals surface area contributed by atoms with Crippen LogP contribution in [0.1, 0.15) is 25.3 Å². The van der Waals surface area contributed by atoms with Crippen LogP contribution in [0.4, 0.5) is 11.5 Å². The molecule has 0 amide bonds. The number of aryl methyl sites for hydroxylation is 1. The number of pyridine rings is 1. The summed E-state index contributed by atoms with van der Waals surface area (Å²) in [5, 5.41) is 14.2. The van der Waals surface area contributed by atoms with Gasteiger partial charge in [-0.25, -0.2) is 4.98 Å². The first-order chi connectivity index (χ1) is 9.58. The van der Waals surface area contributed by atoms with Gasteiger partial charge in [0, 0.05) is 24.8 Å². The number of piperidine rings is 1. The van der Waals surface area contributed by atoms with E-state index in [1.165, 1.54) is 12.8 Å². The van der Waals surface area contributed by atoms with E-state index in [9.17, 15) is 10.1 Å². The molecule has 1 aliphatic heterocycles. The number of rotatable bonds is 5. The number of nitrogens with one attached hydrogen (secondary N) is 1. The topological polar surface area (TPSA) is 71.3 Å². The second-order valence-corrected chi connectivity index (χ2v) is 5.53. The van der Waals surface area contributed by atoms with E-state index in [0.717, 1.165) is 25.6 Å². The molecule has 0 saturated carbocycles. The minimum Gasteiger partial charge on any atom is -0.363 e. The van der Waals surface area contributed by atoms with Gasteiger partial charge in [-0.05, 0) is 44.8 Å². The Morgan fingerprint density at radius 2 is 2.20 bits per heavy atom. The smallest absolute Gasteiger partial charge is 0.314 e. The summed E-state index contributed by atoms with van der Waals surface area (Å²) in [6, 6.07) is 1.66. The summed E-state index contributed by atoms with van der Waals surface area (Å²) < 4.78 is 0. The molecule has 0 unspecified atom stereocenters. The molecule has 1 aliphatic rings. The maximum Gasteiger partial charge on any atom is 0.314 e. The molecule has 1 saturated heterocycles. The van der Waals surface area contributed by atoms with Crippen LogP contribution in [0, 0.1) is 23.0 Å². The number of anilines is 1. The summed E-state index contributed by atoms with van der Waals surface area (Å²) >= 11 is 0. The molecule has 0 aromatic carbocycles. The average Bonchev–Trinajstić information content (AvgIpc) is 2.40. The second-order valence-electron chi connectivity index (χ2n) is 5.53. The average molecular weight is 278 g/mol. The third-order valence-corrected chi connectivity index (χ3v) is 3.91. The highest BCUT2D eigenvalue weighted by Crippen LogP contribution is 2.25. The van der Waals surface area contributed by atoms with Gasteiger partial charge in [-0.3, -0.25) is 10.1 Å². The second kappa shape index (κ2) is 6.65. The molecule has 2 heterocycles. The van der Waals surface area contributed by atoms with Crippen LogP contribution in [0.5, 0.6) is 0 Å². The fourth-order valence-corrected chi connectivity index (χ4v) is 2.53. The van der Waals surface area contributed by atoms with E-state index in [-0.39, 0.29) is 10.6 Å². The lowest BCUT2D eigenvalue weighted by Crippen LogP contribution is -2.36. The van der Waals surface area contributed by atoms with Crippen molar-refractivity contribution in [2.24, 2.45) is 5.92 Å². The molecule has 2 rings (SSSR count). The lowest BCUT2D eigenvalue weighted by atomic mass is 9.99. The number of hydrogen-bond donors (Lipinski definition) is 1. The zero-order chi connectivity index (χ0) is 14.5. The Morgan fingerprint density at radius 3 is 2.85 bits per heavy atom. The molecular formula is C14H22N4O2. The van der Waals surface area contributed by atoms with Gasteiger partial charge in [0.25, 0.3) is 0 Å². The summed E-state index contributed by atoms with van der Waals surface area (Å²) in [6.07, 6.45) is 4.08. The van der Waals surface area contributed by atoms with E-state index < -0.39 is 0 Å². The predicted molar refractivity (Wildman–Crippen MR) is 79.0 cm³/mol. The van der Waals surface area contributed by atoms with E-state index in [1.54, 1.807) is 19.2 Å². The van der Waals surface area contributed by atoms with Crippen molar-refractivity contribution in [1.29, 1.82) is 0 Å². The molecule has 1 N–H and O–H groups in total. The standard InChI is InChI=1S/C14H22N4O2/c1-11-4-8-17(9-5-11)10-7-16-14-13(18(19)20)12(2)3-6-15-14/h3,6,11H,4-5,7-10H2,1-2H3,(H,15,16). The normalized spacial score (nSPS) is 17.1. The third kappa shape index (κ3) is 3.66. The van der Waals surface area contributed by atoms with Crippen LogP contribution in [0.15, 0.2) is 12.3 Å². The van der Waals surface area contributed by atoms with Gasteiger partial charge in [0.15, 0.2) is 0 Å². The van der Waals surface area contributed by atoms with E-state index in [0.29, 0.717) is 17.9 Å². The van der Waals surface area contributed by atoms with Crippen LogP contribution in [0.3, 0.4) is 0 Å². The van der Waals surface area contributed by atoms with Crippen molar-refractivity contribution in [1.82, 2.24) is 9.88 Å². The molecule has 1 aromatic rings. The van der Waals surface area contributed by atoms with E-state index >= 15 is 0 Å². The highest BCUT2D eigenvalue weighted by atomic mass is 16.6. The summed E-state index contributed by atoms with van der Waals surface area (Å²) in [7, 11) is 0. The van der Waals surface area contributed by atoms with Gasteiger partial charge in [-0.2, -0.15) is 0 Å². The first-order valence-electron chi connectivity index (χ1n) is 7.14. The van der Waals surface area contributed by atoms with Crippen molar-refractivity contribution in [3.05, 3.63) is 27.9 Å². The van der Waals surface area contributed by atoms with Crippen molar-refractivity contribution in [3.63, 3.8) is 0 Å². The number of nitrogens with zero attached hydrogens (tertiary/aromatic N) is 3. The van der Waals surface area contributed by atoms with Gasteiger partial charge >= 0.3 is 5.69 Å². The first-order valence-corrected chi connectivity index (χ1v) is 7.14. The van der Waals surface area contributed by atoms with E-state index in [2.05, 4.69) is 22.1 Å². The summed E-state index contributed by atoms with van der Waals surface area (Å²) in [6.45, 7) is 7.84. The lowest BCUT2D eigenvalue weighted by molar-refractivity contribution is -0.384. The third-order valence-electron chi connectivity index (χ3n) is 3.91. The summed E-state index contributed by atoms with van der Waals surface area (Å²) in [5.74, 6) is 1.19. The van der Waals surface area contributed by atoms with Crippen LogP contribution < -0.4 is 5.32 Å². The molecular weight excluding hydrogens is 256 g/mol. The molecule has 0 aliphatic carbocycles. The van der Waals surface area contributed by atoms with Crippen LogP contribution in [0.25, 0.3) is 0 Å². The lowest BCUT2D eigenvalue weighted by Gasteiger charge is -2.30. The molecule has 0 spiro atoms. The maximum atomic E-state index is 11.1. The fraction of sp³-hybridized carbons (Fsp3) is 0.643. The van der Waals surface area contributed by atoms with Crippen LogP contribution in [-0.2, 0) is 0 Å². The minimum absolute atomic E-state index is 0.0831. The Labute approximate surface area is 119 Å². The predicted octanol–water partition coefficient (Wildman–Crippen LogP) is 2.44. The van der Waals surface area contributed by atoms with Crippen molar-refractivity contribution in [2.45, 2.75) is 26.7 Å².